The van der Waals surface area contributed by atoms with Crippen molar-refractivity contribution in [3.63, 3.8) is 0 Å². The highest BCUT2D eigenvalue weighted by atomic mass is 79.9. The molecule has 0 atom stereocenters. The van der Waals surface area contributed by atoms with Gasteiger partial charge in [0.05, 0.1) is 17.4 Å². The van der Waals surface area contributed by atoms with Gasteiger partial charge in [0.15, 0.2) is 0 Å². The number of aromatic carboxylic acids is 1. The van der Waals surface area contributed by atoms with Crippen molar-refractivity contribution in [2.24, 2.45) is 0 Å². The molecule has 0 saturated carbocycles. The number of rotatable bonds is 6. The van der Waals surface area contributed by atoms with E-state index in [1.807, 2.05) is 42.5 Å². The summed E-state index contributed by atoms with van der Waals surface area (Å²) in [6, 6.07) is 18.0. The van der Waals surface area contributed by atoms with Crippen LogP contribution in [0.3, 0.4) is 0 Å². The molecule has 0 unspecified atom stereocenters. The molecule has 0 bridgehead atoms. The summed E-state index contributed by atoms with van der Waals surface area (Å²) in [5.41, 5.74) is 2.84. The Morgan fingerprint density at radius 3 is 2.52 bits per heavy atom. The summed E-state index contributed by atoms with van der Waals surface area (Å²) in [6.45, 7) is 3.82. The van der Waals surface area contributed by atoms with E-state index in [-0.39, 0.29) is 12.3 Å². The Bertz CT molecular complexity index is 1020. The predicted molar refractivity (Wildman–Crippen MR) is 108 cm³/mol. The number of hydrogen-bond acceptors (Lipinski definition) is 4. The lowest BCUT2D eigenvalue weighted by atomic mass is 9.96. The molecule has 4 nitrogen and oxygen atoms in total. The van der Waals surface area contributed by atoms with Crippen molar-refractivity contribution in [2.45, 2.75) is 0 Å². The number of aromatic nitrogens is 1. The molecule has 0 spiro atoms. The SMILES string of the molecule is C=C(Cl)COc1ccc(Br)cc1-c1ccccc1-c1cccc(C(=O)[O-])n1. The molecule has 2 aromatic carbocycles. The number of carbonyl (C=O) groups is 1. The summed E-state index contributed by atoms with van der Waals surface area (Å²) >= 11 is 9.32. The second-order valence-electron chi connectivity index (χ2n) is 5.69. The van der Waals surface area contributed by atoms with Crippen molar-refractivity contribution in [2.75, 3.05) is 6.61 Å². The molecule has 0 fully saturated rings. The van der Waals surface area contributed by atoms with Gasteiger partial charge in [-0.05, 0) is 35.9 Å². The van der Waals surface area contributed by atoms with E-state index in [2.05, 4.69) is 27.5 Å². The van der Waals surface area contributed by atoms with Gasteiger partial charge in [-0.25, -0.2) is 4.98 Å². The summed E-state index contributed by atoms with van der Waals surface area (Å²) < 4.78 is 6.66. The number of pyridine rings is 1. The highest BCUT2D eigenvalue weighted by Gasteiger charge is 2.14. The maximum atomic E-state index is 11.2. The predicted octanol–water partition coefficient (Wildman–Crippen LogP) is 4.67. The van der Waals surface area contributed by atoms with E-state index in [4.69, 9.17) is 16.3 Å². The average molecular weight is 444 g/mol. The molecular weight excluding hydrogens is 430 g/mol. The van der Waals surface area contributed by atoms with Crippen molar-refractivity contribution in [3.8, 4) is 28.1 Å². The second-order valence-corrected chi connectivity index (χ2v) is 7.14. The van der Waals surface area contributed by atoms with Gasteiger partial charge in [0.25, 0.3) is 0 Å². The molecule has 0 aliphatic carbocycles. The van der Waals surface area contributed by atoms with E-state index in [1.165, 1.54) is 6.07 Å². The molecule has 0 aliphatic heterocycles. The average Bonchev–Trinajstić information content (AvgIpc) is 2.67. The van der Waals surface area contributed by atoms with Crippen molar-refractivity contribution in [3.05, 3.63) is 82.4 Å². The Morgan fingerprint density at radius 1 is 1.07 bits per heavy atom. The summed E-state index contributed by atoms with van der Waals surface area (Å²) in [6.07, 6.45) is 0. The van der Waals surface area contributed by atoms with Gasteiger partial charge in [-0.2, -0.15) is 0 Å². The van der Waals surface area contributed by atoms with E-state index in [0.717, 1.165) is 21.2 Å². The molecule has 136 valence electrons. The van der Waals surface area contributed by atoms with Crippen LogP contribution in [0.5, 0.6) is 5.75 Å². The summed E-state index contributed by atoms with van der Waals surface area (Å²) in [7, 11) is 0. The zero-order chi connectivity index (χ0) is 19.4. The van der Waals surface area contributed by atoms with E-state index in [9.17, 15) is 9.90 Å². The van der Waals surface area contributed by atoms with E-state index in [0.29, 0.717) is 16.5 Å². The molecule has 6 heteroatoms. The molecule has 1 heterocycles. The van der Waals surface area contributed by atoms with Crippen LogP contribution in [0.4, 0.5) is 0 Å². The largest absolute Gasteiger partial charge is 0.543 e. The van der Waals surface area contributed by atoms with Crippen LogP contribution >= 0.6 is 27.5 Å². The molecule has 0 aliphatic rings. The maximum absolute atomic E-state index is 11.2. The molecule has 0 radical (unpaired) electrons. The number of nitrogens with zero attached hydrogens (tertiary/aromatic N) is 1. The van der Waals surface area contributed by atoms with Crippen LogP contribution in [-0.4, -0.2) is 17.6 Å². The first-order chi connectivity index (χ1) is 13.0. The number of carbonyl (C=O) groups excluding carboxylic acids is 1. The number of carboxylic acid groups (broad SMARTS) is 1. The monoisotopic (exact) mass is 442 g/mol. The second kappa shape index (κ2) is 8.37. The lowest BCUT2D eigenvalue weighted by Crippen LogP contribution is -2.23. The van der Waals surface area contributed by atoms with Crippen LogP contribution in [0.15, 0.2) is 76.7 Å². The Balaban J connectivity index is 2.14. The third-order valence-electron chi connectivity index (χ3n) is 3.78. The summed E-state index contributed by atoms with van der Waals surface area (Å²) in [4.78, 5) is 15.4. The topological polar surface area (TPSA) is 62.2 Å². The highest BCUT2D eigenvalue weighted by Crippen LogP contribution is 2.38. The zero-order valence-corrected chi connectivity index (χ0v) is 16.5. The minimum atomic E-state index is -1.32. The van der Waals surface area contributed by atoms with Crippen molar-refractivity contribution < 1.29 is 14.6 Å². The number of halogens is 2. The lowest BCUT2D eigenvalue weighted by molar-refractivity contribution is -0.255. The fourth-order valence-corrected chi connectivity index (χ4v) is 3.05. The molecule has 27 heavy (non-hydrogen) atoms. The van der Waals surface area contributed by atoms with Crippen molar-refractivity contribution in [1.29, 1.82) is 0 Å². The maximum Gasteiger partial charge on any atom is 0.127 e. The summed E-state index contributed by atoms with van der Waals surface area (Å²) in [5, 5.41) is 11.6. The van der Waals surface area contributed by atoms with Crippen LogP contribution in [0.1, 0.15) is 10.5 Å². The Morgan fingerprint density at radius 2 is 1.81 bits per heavy atom. The van der Waals surface area contributed by atoms with Gasteiger partial charge in [-0.3, -0.25) is 0 Å². The van der Waals surface area contributed by atoms with Crippen LogP contribution in [0, 0.1) is 0 Å². The van der Waals surface area contributed by atoms with E-state index >= 15 is 0 Å². The molecule has 0 amide bonds. The third kappa shape index (κ3) is 4.56. The Labute approximate surface area is 170 Å². The quantitative estimate of drug-likeness (QED) is 0.555. The fraction of sp³-hybridized carbons (Fsp3) is 0.0476. The third-order valence-corrected chi connectivity index (χ3v) is 4.38. The van der Waals surface area contributed by atoms with Gasteiger partial charge in [0, 0.05) is 20.6 Å². The van der Waals surface area contributed by atoms with Gasteiger partial charge in [0.1, 0.15) is 12.4 Å². The molecule has 1 aromatic heterocycles. The zero-order valence-electron chi connectivity index (χ0n) is 14.1. The summed E-state index contributed by atoms with van der Waals surface area (Å²) in [5.74, 6) is -0.690. The normalized spacial score (nSPS) is 10.4. The Kier molecular flexibility index (Phi) is 5.94. The van der Waals surface area contributed by atoms with Gasteiger partial charge in [-0.1, -0.05) is 64.4 Å². The minimum Gasteiger partial charge on any atom is -0.543 e. The van der Waals surface area contributed by atoms with E-state index < -0.39 is 5.97 Å². The van der Waals surface area contributed by atoms with Crippen LogP contribution < -0.4 is 9.84 Å². The first-order valence-corrected chi connectivity index (χ1v) is 9.16. The molecule has 0 saturated heterocycles. The van der Waals surface area contributed by atoms with Crippen LogP contribution in [0.25, 0.3) is 22.4 Å². The first kappa shape index (κ1) is 19.1. The molecule has 3 aromatic rings. The molecule has 3 rings (SSSR count). The molecular formula is C21H14BrClNO3-. The number of carboxylic acids is 1. The Hall–Kier alpha value is -2.63. The number of benzene rings is 2. The van der Waals surface area contributed by atoms with Crippen molar-refractivity contribution >= 4 is 33.5 Å². The standard InChI is InChI=1S/C21H15BrClNO3/c1-13(23)12-27-20-10-9-14(22)11-17(20)15-5-2-3-6-16(15)18-7-4-8-19(24-18)21(25)26/h2-11H,1,12H2,(H,25,26)/p-1. The minimum absolute atomic E-state index is 0.119. The van der Waals surface area contributed by atoms with Gasteiger partial charge in [-0.15, -0.1) is 0 Å². The van der Waals surface area contributed by atoms with Gasteiger partial charge in [0.2, 0.25) is 0 Å². The highest BCUT2D eigenvalue weighted by molar-refractivity contribution is 9.10. The number of ether oxygens (including phenoxy) is 1. The smallest absolute Gasteiger partial charge is 0.127 e. The van der Waals surface area contributed by atoms with Crippen LogP contribution in [0.2, 0.25) is 0 Å². The van der Waals surface area contributed by atoms with Gasteiger partial charge >= 0.3 is 0 Å². The van der Waals surface area contributed by atoms with Crippen LogP contribution in [-0.2, 0) is 0 Å². The lowest BCUT2D eigenvalue weighted by Gasteiger charge is -2.15. The number of hydrogen-bond donors (Lipinski definition) is 0. The molecule has 0 N–H and O–H groups in total. The van der Waals surface area contributed by atoms with Gasteiger partial charge < -0.3 is 14.6 Å². The van der Waals surface area contributed by atoms with Crippen molar-refractivity contribution in [1.82, 2.24) is 4.98 Å². The first-order valence-electron chi connectivity index (χ1n) is 7.99. The van der Waals surface area contributed by atoms with E-state index in [1.54, 1.807) is 12.1 Å². The fourth-order valence-electron chi connectivity index (χ4n) is 2.63.